The summed E-state index contributed by atoms with van der Waals surface area (Å²) in [7, 11) is 0. The van der Waals surface area contributed by atoms with Crippen molar-refractivity contribution in [2.45, 2.75) is 6.92 Å². The summed E-state index contributed by atoms with van der Waals surface area (Å²) in [6.07, 6.45) is 3.25. The second kappa shape index (κ2) is 4.21. The van der Waals surface area contributed by atoms with Gasteiger partial charge in [-0.3, -0.25) is 5.41 Å². The first kappa shape index (κ1) is 11.1. The van der Waals surface area contributed by atoms with Crippen molar-refractivity contribution in [1.82, 2.24) is 0 Å². The molecule has 1 aliphatic heterocycles. The standard InChI is InChI=1S/C12H12N4O/c1-7-6-8(17)2-3-9(7)15-10-4-5-11(13)16-12(10)14/h2-6,17H,1H3,(H3,13,14,16). The minimum absolute atomic E-state index is 0.0393. The van der Waals surface area contributed by atoms with Crippen LogP contribution < -0.4 is 5.73 Å². The van der Waals surface area contributed by atoms with Gasteiger partial charge in [-0.25, -0.2) is 9.98 Å². The lowest BCUT2D eigenvalue weighted by Crippen LogP contribution is -2.20. The van der Waals surface area contributed by atoms with E-state index in [1.54, 1.807) is 30.4 Å². The highest BCUT2D eigenvalue weighted by molar-refractivity contribution is 6.48. The largest absolute Gasteiger partial charge is 0.508 e. The topological polar surface area (TPSA) is 94.8 Å². The van der Waals surface area contributed by atoms with E-state index in [0.29, 0.717) is 17.2 Å². The highest BCUT2D eigenvalue weighted by Crippen LogP contribution is 2.23. The summed E-state index contributed by atoms with van der Waals surface area (Å²) in [4.78, 5) is 8.12. The molecule has 5 nitrogen and oxygen atoms in total. The zero-order chi connectivity index (χ0) is 12.4. The number of aromatic hydroxyl groups is 1. The fourth-order valence-electron chi connectivity index (χ4n) is 1.45. The summed E-state index contributed by atoms with van der Waals surface area (Å²) >= 11 is 0. The Labute approximate surface area is 98.5 Å². The van der Waals surface area contributed by atoms with E-state index in [-0.39, 0.29) is 11.6 Å². The van der Waals surface area contributed by atoms with Gasteiger partial charge < -0.3 is 10.8 Å². The number of nitrogens with one attached hydrogen (secondary N) is 1. The lowest BCUT2D eigenvalue weighted by atomic mass is 10.2. The molecule has 0 atom stereocenters. The van der Waals surface area contributed by atoms with Crippen LogP contribution in [-0.4, -0.2) is 22.5 Å². The van der Waals surface area contributed by atoms with E-state index in [1.165, 1.54) is 0 Å². The molecule has 17 heavy (non-hydrogen) atoms. The minimum atomic E-state index is 0.0393. The van der Waals surface area contributed by atoms with Crippen LogP contribution >= 0.6 is 0 Å². The second-order valence-electron chi connectivity index (χ2n) is 3.69. The number of aliphatic imine (C=N–C) groups is 2. The molecule has 1 aliphatic rings. The molecule has 0 spiro atoms. The van der Waals surface area contributed by atoms with E-state index >= 15 is 0 Å². The maximum atomic E-state index is 9.29. The number of dihydropyridines is 1. The Morgan fingerprint density at radius 1 is 1.35 bits per heavy atom. The number of hydrogen-bond acceptors (Lipinski definition) is 4. The van der Waals surface area contributed by atoms with Crippen LogP contribution in [0.3, 0.4) is 0 Å². The quantitative estimate of drug-likeness (QED) is 0.681. The molecular weight excluding hydrogens is 216 g/mol. The first-order valence-corrected chi connectivity index (χ1v) is 5.06. The monoisotopic (exact) mass is 228 g/mol. The van der Waals surface area contributed by atoms with Crippen LogP contribution in [0.4, 0.5) is 5.69 Å². The molecule has 0 saturated carbocycles. The summed E-state index contributed by atoms with van der Waals surface area (Å²) in [5, 5.41) is 16.9. The van der Waals surface area contributed by atoms with Crippen LogP contribution in [0.2, 0.25) is 0 Å². The molecule has 86 valence electrons. The minimum Gasteiger partial charge on any atom is -0.508 e. The van der Waals surface area contributed by atoms with Gasteiger partial charge in [0.05, 0.1) is 5.69 Å². The maximum absolute atomic E-state index is 9.29. The summed E-state index contributed by atoms with van der Waals surface area (Å²) in [6.45, 7) is 1.84. The molecular formula is C12H12N4O. The van der Waals surface area contributed by atoms with Gasteiger partial charge in [0.1, 0.15) is 17.3 Å². The number of hydrogen-bond donors (Lipinski definition) is 3. The van der Waals surface area contributed by atoms with Gasteiger partial charge in [0, 0.05) is 0 Å². The summed E-state index contributed by atoms with van der Waals surface area (Å²) < 4.78 is 0. The average Bonchev–Trinajstić information content (AvgIpc) is 2.25. The van der Waals surface area contributed by atoms with Gasteiger partial charge in [-0.1, -0.05) is 0 Å². The third-order valence-electron chi connectivity index (χ3n) is 2.32. The van der Waals surface area contributed by atoms with Gasteiger partial charge in [0.15, 0.2) is 5.84 Å². The number of phenolic OH excluding ortho intramolecular Hbond substituents is 1. The first-order chi connectivity index (χ1) is 8.06. The van der Waals surface area contributed by atoms with Gasteiger partial charge in [0.25, 0.3) is 0 Å². The Bertz CT molecular complexity index is 570. The molecule has 0 saturated heterocycles. The molecule has 5 heteroatoms. The third-order valence-corrected chi connectivity index (χ3v) is 2.32. The van der Waals surface area contributed by atoms with Crippen molar-refractivity contribution >= 4 is 23.1 Å². The van der Waals surface area contributed by atoms with Crippen LogP contribution in [0.25, 0.3) is 0 Å². The van der Waals surface area contributed by atoms with E-state index in [1.807, 2.05) is 6.92 Å². The van der Waals surface area contributed by atoms with Crippen LogP contribution in [0.5, 0.6) is 5.75 Å². The zero-order valence-electron chi connectivity index (χ0n) is 9.31. The summed E-state index contributed by atoms with van der Waals surface area (Å²) in [5.74, 6) is 0.539. The summed E-state index contributed by atoms with van der Waals surface area (Å²) in [6, 6.07) is 4.87. The van der Waals surface area contributed by atoms with Gasteiger partial charge in [-0.2, -0.15) is 0 Å². The van der Waals surface area contributed by atoms with Crippen molar-refractivity contribution in [1.29, 1.82) is 5.41 Å². The molecule has 1 aromatic carbocycles. The van der Waals surface area contributed by atoms with E-state index < -0.39 is 0 Å². The number of nitrogens with zero attached hydrogens (tertiary/aromatic N) is 2. The molecule has 2 rings (SSSR count). The predicted molar refractivity (Wildman–Crippen MR) is 68.4 cm³/mol. The molecule has 0 unspecified atom stereocenters. The fourth-order valence-corrected chi connectivity index (χ4v) is 1.45. The Balaban J connectivity index is 2.38. The van der Waals surface area contributed by atoms with Crippen molar-refractivity contribution in [3.05, 3.63) is 35.9 Å². The van der Waals surface area contributed by atoms with Gasteiger partial charge in [0.2, 0.25) is 0 Å². The van der Waals surface area contributed by atoms with Crippen LogP contribution in [0.15, 0.2) is 40.3 Å². The average molecular weight is 228 g/mol. The third kappa shape index (κ3) is 2.39. The van der Waals surface area contributed by atoms with Crippen molar-refractivity contribution in [2.24, 2.45) is 15.7 Å². The van der Waals surface area contributed by atoms with Gasteiger partial charge in [-0.05, 0) is 42.8 Å². The molecule has 4 N–H and O–H groups in total. The van der Waals surface area contributed by atoms with Crippen molar-refractivity contribution in [3.8, 4) is 5.75 Å². The SMILES string of the molecule is Cc1cc(O)ccc1N=C1C=CC(N)=NC1=N. The van der Waals surface area contributed by atoms with E-state index in [9.17, 15) is 5.11 Å². The van der Waals surface area contributed by atoms with Crippen LogP contribution in [0.1, 0.15) is 5.56 Å². The lowest BCUT2D eigenvalue weighted by Gasteiger charge is -2.07. The highest BCUT2D eigenvalue weighted by Gasteiger charge is 2.09. The Hall–Kier alpha value is -2.43. The van der Waals surface area contributed by atoms with E-state index in [4.69, 9.17) is 11.1 Å². The number of aryl methyl sites for hydroxylation is 1. The smallest absolute Gasteiger partial charge is 0.172 e. The Morgan fingerprint density at radius 2 is 2.12 bits per heavy atom. The number of rotatable bonds is 1. The maximum Gasteiger partial charge on any atom is 0.172 e. The van der Waals surface area contributed by atoms with Crippen molar-refractivity contribution in [2.75, 3.05) is 0 Å². The number of nitrogens with two attached hydrogens (primary N) is 1. The van der Waals surface area contributed by atoms with E-state index in [2.05, 4.69) is 9.98 Å². The first-order valence-electron chi connectivity index (χ1n) is 5.06. The second-order valence-corrected chi connectivity index (χ2v) is 3.69. The molecule has 0 amide bonds. The number of amidine groups is 2. The Morgan fingerprint density at radius 3 is 2.76 bits per heavy atom. The zero-order valence-corrected chi connectivity index (χ0v) is 9.31. The molecule has 1 aromatic rings. The van der Waals surface area contributed by atoms with E-state index in [0.717, 1.165) is 5.56 Å². The van der Waals surface area contributed by atoms with Gasteiger partial charge in [-0.15, -0.1) is 0 Å². The Kier molecular flexibility index (Phi) is 2.74. The molecule has 0 radical (unpaired) electrons. The van der Waals surface area contributed by atoms with Crippen LogP contribution in [0, 0.1) is 12.3 Å². The summed E-state index contributed by atoms with van der Waals surface area (Å²) in [5.41, 5.74) is 7.45. The lowest BCUT2D eigenvalue weighted by molar-refractivity contribution is 0.475. The van der Waals surface area contributed by atoms with Crippen LogP contribution in [-0.2, 0) is 0 Å². The normalized spacial score (nSPS) is 17.4. The van der Waals surface area contributed by atoms with Gasteiger partial charge >= 0.3 is 0 Å². The number of benzene rings is 1. The molecule has 0 aromatic heterocycles. The van der Waals surface area contributed by atoms with Crippen molar-refractivity contribution in [3.63, 3.8) is 0 Å². The molecule has 0 bridgehead atoms. The number of phenols is 1. The molecule has 1 heterocycles. The van der Waals surface area contributed by atoms with Crippen molar-refractivity contribution < 1.29 is 5.11 Å². The highest BCUT2D eigenvalue weighted by atomic mass is 16.3. The fraction of sp³-hybridized carbons (Fsp3) is 0.0833. The predicted octanol–water partition coefficient (Wildman–Crippen LogP) is 1.68. The molecule has 0 aliphatic carbocycles. The molecule has 0 fully saturated rings.